The van der Waals surface area contributed by atoms with Crippen molar-refractivity contribution in [3.8, 4) is 0 Å². The summed E-state index contributed by atoms with van der Waals surface area (Å²) in [6, 6.07) is 9.36. The Bertz CT molecular complexity index is 518. The zero-order valence-corrected chi connectivity index (χ0v) is 13.0. The molecule has 0 radical (unpaired) electrons. The highest BCUT2D eigenvalue weighted by molar-refractivity contribution is 6.68. The van der Waals surface area contributed by atoms with Gasteiger partial charge in [0.15, 0.2) is 6.10 Å². The average Bonchev–Trinajstić information content (AvgIpc) is 2.79. The first kappa shape index (κ1) is 16.4. The van der Waals surface area contributed by atoms with E-state index < -0.39 is 22.2 Å². The number of esters is 1. The number of benzene rings is 1. The minimum absolute atomic E-state index is 0.192. The number of nitrogens with one attached hydrogen (secondary N) is 1. The predicted molar refractivity (Wildman–Crippen MR) is 77.9 cm³/mol. The van der Waals surface area contributed by atoms with Crippen molar-refractivity contribution >= 4 is 46.7 Å². The molecule has 2 rings (SSSR count). The predicted octanol–water partition coefficient (Wildman–Crippen LogP) is 2.33. The maximum absolute atomic E-state index is 11.8. The number of hydrogen-bond acceptors (Lipinski definition) is 4. The molecule has 1 aromatic carbocycles. The molecular weight excluding hydrogens is 341 g/mol. The summed E-state index contributed by atoms with van der Waals surface area (Å²) in [5.74, 6) is -1.08. The van der Waals surface area contributed by atoms with Gasteiger partial charge in [-0.05, 0) is 5.56 Å². The molecule has 0 saturated carbocycles. The fourth-order valence-electron chi connectivity index (χ4n) is 1.73. The van der Waals surface area contributed by atoms with Crippen LogP contribution in [0.25, 0.3) is 0 Å². The highest BCUT2D eigenvalue weighted by atomic mass is 35.6. The van der Waals surface area contributed by atoms with Gasteiger partial charge in [0.05, 0.1) is 6.42 Å². The molecule has 1 saturated heterocycles. The summed E-state index contributed by atoms with van der Waals surface area (Å²) in [6.45, 7) is 0.356. The molecule has 1 aromatic rings. The third kappa shape index (κ3) is 4.74. The van der Waals surface area contributed by atoms with Gasteiger partial charge in [0.25, 0.3) is 10.1 Å². The van der Waals surface area contributed by atoms with Crippen LogP contribution in [0.5, 0.6) is 0 Å². The third-order valence-corrected chi connectivity index (χ3v) is 3.28. The van der Waals surface area contributed by atoms with Crippen LogP contribution in [0.15, 0.2) is 30.3 Å². The number of rotatable bonds is 4. The number of amides is 1. The summed E-state index contributed by atoms with van der Waals surface area (Å²) >= 11 is 16.7. The molecule has 0 bridgehead atoms. The Morgan fingerprint density at radius 2 is 1.90 bits per heavy atom. The molecule has 1 aliphatic heterocycles. The smallest absolute Gasteiger partial charge is 0.338 e. The molecule has 5 nitrogen and oxygen atoms in total. The highest BCUT2D eigenvalue weighted by Gasteiger charge is 2.47. The van der Waals surface area contributed by atoms with Crippen LogP contribution in [-0.4, -0.2) is 28.1 Å². The zero-order valence-electron chi connectivity index (χ0n) is 10.7. The molecule has 114 valence electrons. The lowest BCUT2D eigenvalue weighted by atomic mass is 10.2. The van der Waals surface area contributed by atoms with Gasteiger partial charge in [-0.25, -0.2) is 4.79 Å². The molecule has 21 heavy (non-hydrogen) atoms. The van der Waals surface area contributed by atoms with Gasteiger partial charge >= 0.3 is 5.97 Å². The number of hydrogen-bond donors (Lipinski definition) is 1. The Morgan fingerprint density at radius 3 is 2.48 bits per heavy atom. The van der Waals surface area contributed by atoms with Crippen LogP contribution < -0.4 is 5.32 Å². The summed E-state index contributed by atoms with van der Waals surface area (Å²) in [7, 11) is 0. The Balaban J connectivity index is 1.82. The number of halogens is 3. The van der Waals surface area contributed by atoms with E-state index in [4.69, 9.17) is 44.3 Å². The van der Waals surface area contributed by atoms with Gasteiger partial charge in [-0.15, -0.1) is 0 Å². The van der Waals surface area contributed by atoms with Crippen molar-refractivity contribution in [2.75, 3.05) is 0 Å². The van der Waals surface area contributed by atoms with Crippen LogP contribution in [0.1, 0.15) is 12.0 Å². The van der Waals surface area contributed by atoms with Crippen molar-refractivity contribution in [1.82, 2.24) is 5.32 Å². The van der Waals surface area contributed by atoms with E-state index in [2.05, 4.69) is 5.32 Å². The van der Waals surface area contributed by atoms with Gasteiger partial charge in [0.1, 0.15) is 0 Å². The van der Waals surface area contributed by atoms with E-state index in [1.54, 1.807) is 0 Å². The Morgan fingerprint density at radius 1 is 1.24 bits per heavy atom. The monoisotopic (exact) mass is 351 g/mol. The molecule has 0 aliphatic carbocycles. The second-order valence-electron chi connectivity index (χ2n) is 4.40. The topological polar surface area (TPSA) is 64.6 Å². The number of carbonyl (C=O) groups is 2. The number of alkyl halides is 3. The Hall–Kier alpha value is -1.01. The van der Waals surface area contributed by atoms with E-state index >= 15 is 0 Å². The fraction of sp³-hybridized carbons (Fsp3) is 0.385. The Labute approximate surface area is 136 Å². The SMILES string of the molecule is O=C(CC1OC(C(Cl)(Cl)Cl)OC1=O)NCc1ccccc1. The van der Waals surface area contributed by atoms with E-state index in [9.17, 15) is 9.59 Å². The van der Waals surface area contributed by atoms with Gasteiger partial charge in [-0.2, -0.15) is 0 Å². The quantitative estimate of drug-likeness (QED) is 0.667. The van der Waals surface area contributed by atoms with Crippen LogP contribution in [0.3, 0.4) is 0 Å². The van der Waals surface area contributed by atoms with Crippen LogP contribution in [0.2, 0.25) is 0 Å². The first-order chi connectivity index (χ1) is 9.86. The molecule has 1 fully saturated rings. The summed E-state index contributed by atoms with van der Waals surface area (Å²) in [5, 5.41) is 2.67. The first-order valence-electron chi connectivity index (χ1n) is 6.09. The van der Waals surface area contributed by atoms with Crippen LogP contribution in [0.4, 0.5) is 0 Å². The fourth-order valence-corrected chi connectivity index (χ4v) is 2.01. The standard InChI is InChI=1S/C13H12Cl3NO4/c14-13(15,16)12-20-9(11(19)21-12)6-10(18)17-7-8-4-2-1-3-5-8/h1-5,9,12H,6-7H2,(H,17,18). The van der Waals surface area contributed by atoms with Crippen LogP contribution in [0, 0.1) is 0 Å². The zero-order chi connectivity index (χ0) is 15.5. The summed E-state index contributed by atoms with van der Waals surface area (Å²) in [5.41, 5.74) is 0.944. The van der Waals surface area contributed by atoms with Crippen LogP contribution in [-0.2, 0) is 25.6 Å². The van der Waals surface area contributed by atoms with E-state index in [1.807, 2.05) is 30.3 Å². The molecule has 0 aromatic heterocycles. The van der Waals surface area contributed by atoms with Gasteiger partial charge < -0.3 is 14.8 Å². The molecular formula is C13H12Cl3NO4. The summed E-state index contributed by atoms with van der Waals surface area (Å²) in [6.07, 6.45) is -2.56. The van der Waals surface area contributed by atoms with Crippen molar-refractivity contribution in [3.05, 3.63) is 35.9 Å². The van der Waals surface area contributed by atoms with Crippen molar-refractivity contribution < 1.29 is 19.1 Å². The molecule has 8 heteroatoms. The Kier molecular flexibility index (Phi) is 5.32. The average molecular weight is 353 g/mol. The number of cyclic esters (lactones) is 1. The minimum atomic E-state index is -1.88. The van der Waals surface area contributed by atoms with Crippen molar-refractivity contribution in [2.45, 2.75) is 29.2 Å². The van der Waals surface area contributed by atoms with Crippen molar-refractivity contribution in [2.24, 2.45) is 0 Å². The van der Waals surface area contributed by atoms with Gasteiger partial charge in [0.2, 0.25) is 5.91 Å². The molecule has 1 aliphatic rings. The van der Waals surface area contributed by atoms with Crippen LogP contribution >= 0.6 is 34.8 Å². The lowest BCUT2D eigenvalue weighted by Gasteiger charge is -2.16. The summed E-state index contributed by atoms with van der Waals surface area (Å²) in [4.78, 5) is 23.3. The van der Waals surface area contributed by atoms with Crippen molar-refractivity contribution in [1.29, 1.82) is 0 Å². The normalized spacial score (nSPS) is 22.0. The van der Waals surface area contributed by atoms with Crippen molar-refractivity contribution in [3.63, 3.8) is 0 Å². The molecule has 2 unspecified atom stereocenters. The summed E-state index contributed by atoms with van der Waals surface area (Å²) < 4.78 is 8.01. The number of carbonyl (C=O) groups excluding carboxylic acids is 2. The third-order valence-electron chi connectivity index (χ3n) is 2.74. The van der Waals surface area contributed by atoms with Gasteiger partial charge in [-0.1, -0.05) is 65.1 Å². The molecule has 0 spiro atoms. The lowest BCUT2D eigenvalue weighted by Crippen LogP contribution is -2.31. The molecule has 1 heterocycles. The second kappa shape index (κ2) is 6.83. The maximum Gasteiger partial charge on any atom is 0.338 e. The molecule has 1 N–H and O–H groups in total. The second-order valence-corrected chi connectivity index (χ2v) is 6.77. The van der Waals surface area contributed by atoms with E-state index in [0.29, 0.717) is 6.54 Å². The van der Waals surface area contributed by atoms with E-state index in [-0.39, 0.29) is 12.3 Å². The minimum Gasteiger partial charge on any atom is -0.429 e. The van der Waals surface area contributed by atoms with E-state index in [0.717, 1.165) is 5.56 Å². The molecule has 1 amide bonds. The first-order valence-corrected chi connectivity index (χ1v) is 7.23. The largest absolute Gasteiger partial charge is 0.429 e. The number of ether oxygens (including phenoxy) is 2. The highest BCUT2D eigenvalue weighted by Crippen LogP contribution is 2.37. The maximum atomic E-state index is 11.8. The molecule has 2 atom stereocenters. The lowest BCUT2D eigenvalue weighted by molar-refractivity contribution is -0.143. The van der Waals surface area contributed by atoms with Gasteiger partial charge in [0, 0.05) is 6.54 Å². The van der Waals surface area contributed by atoms with E-state index in [1.165, 1.54) is 0 Å². The van der Waals surface area contributed by atoms with Gasteiger partial charge in [-0.3, -0.25) is 4.79 Å².